The summed E-state index contributed by atoms with van der Waals surface area (Å²) in [4.78, 5) is 10.9. The first-order valence-corrected chi connectivity index (χ1v) is 11.6. The Bertz CT molecular complexity index is 1030. The summed E-state index contributed by atoms with van der Waals surface area (Å²) in [5, 5.41) is 8.91. The van der Waals surface area contributed by atoms with Gasteiger partial charge in [0.1, 0.15) is 11.5 Å². The highest BCUT2D eigenvalue weighted by Gasteiger charge is 2.34. The molecular weight excluding hydrogens is 438 g/mol. The largest absolute Gasteiger partial charge is 0.494 e. The Morgan fingerprint density at radius 2 is 1.29 bits per heavy atom. The van der Waals surface area contributed by atoms with Crippen LogP contribution in [0.5, 0.6) is 11.5 Å². The van der Waals surface area contributed by atoms with Crippen LogP contribution in [0.3, 0.4) is 0 Å². The zero-order valence-corrected chi connectivity index (χ0v) is 19.3. The van der Waals surface area contributed by atoms with Gasteiger partial charge in [-0.15, -0.1) is 0 Å². The van der Waals surface area contributed by atoms with Crippen molar-refractivity contribution in [3.05, 3.63) is 83.9 Å². The van der Waals surface area contributed by atoms with E-state index in [1.54, 1.807) is 12.1 Å². The number of alkyl halides is 2. The van der Waals surface area contributed by atoms with Gasteiger partial charge in [-0.2, -0.15) is 8.78 Å². The molecule has 3 aromatic rings. The highest BCUT2D eigenvalue weighted by molar-refractivity contribution is 5.87. The molecule has 0 atom stereocenters. The van der Waals surface area contributed by atoms with Gasteiger partial charge in [0.05, 0.1) is 17.7 Å². The number of carboxylic acid groups (broad SMARTS) is 1. The first-order chi connectivity index (χ1) is 16.4. The van der Waals surface area contributed by atoms with Gasteiger partial charge in [-0.1, -0.05) is 63.3 Å². The molecule has 0 aliphatic rings. The van der Waals surface area contributed by atoms with Gasteiger partial charge in [0.15, 0.2) is 0 Å². The second-order valence-corrected chi connectivity index (χ2v) is 8.17. The highest BCUT2D eigenvalue weighted by atomic mass is 19.3. The van der Waals surface area contributed by atoms with Crippen LogP contribution in [0.2, 0.25) is 0 Å². The van der Waals surface area contributed by atoms with E-state index in [2.05, 4.69) is 6.92 Å². The number of unbranched alkanes of at least 4 members (excludes halogenated alkanes) is 5. The van der Waals surface area contributed by atoms with Crippen molar-refractivity contribution in [2.45, 2.75) is 51.6 Å². The molecule has 34 heavy (non-hydrogen) atoms. The number of ether oxygens (including phenoxy) is 2. The zero-order valence-electron chi connectivity index (χ0n) is 19.3. The molecule has 0 spiro atoms. The van der Waals surface area contributed by atoms with Crippen LogP contribution in [-0.4, -0.2) is 17.7 Å². The number of carbonyl (C=O) groups is 1. The highest BCUT2D eigenvalue weighted by Crippen LogP contribution is 2.33. The molecule has 6 heteroatoms. The molecule has 0 bridgehead atoms. The lowest BCUT2D eigenvalue weighted by Crippen LogP contribution is -2.21. The minimum absolute atomic E-state index is 0.00107. The predicted octanol–water partition coefficient (Wildman–Crippen LogP) is 7.92. The molecular formula is C28H30F2O4. The minimum atomic E-state index is -3.56. The Morgan fingerprint density at radius 1 is 0.765 bits per heavy atom. The van der Waals surface area contributed by atoms with Crippen molar-refractivity contribution in [1.29, 1.82) is 0 Å². The van der Waals surface area contributed by atoms with Crippen LogP contribution < -0.4 is 9.47 Å². The Balaban J connectivity index is 1.54. The summed E-state index contributed by atoms with van der Waals surface area (Å²) in [5.74, 6) is -0.454. The van der Waals surface area contributed by atoms with E-state index in [9.17, 15) is 13.6 Å². The molecule has 4 nitrogen and oxygen atoms in total. The van der Waals surface area contributed by atoms with E-state index in [4.69, 9.17) is 14.6 Å². The lowest BCUT2D eigenvalue weighted by Gasteiger charge is -2.18. The van der Waals surface area contributed by atoms with Crippen molar-refractivity contribution < 1.29 is 28.2 Å². The quantitative estimate of drug-likeness (QED) is 0.259. The molecule has 0 unspecified atom stereocenters. The summed E-state index contributed by atoms with van der Waals surface area (Å²) in [6, 6.07) is 18.3. The first-order valence-electron chi connectivity index (χ1n) is 11.6. The molecule has 1 N–H and O–H groups in total. The summed E-state index contributed by atoms with van der Waals surface area (Å²) < 4.78 is 39.7. The van der Waals surface area contributed by atoms with Crippen molar-refractivity contribution in [1.82, 2.24) is 0 Å². The monoisotopic (exact) mass is 468 g/mol. The SMILES string of the molecule is CCCCCCCCOc1ccc(-c2ccc(C(F)(F)Oc3ccc(C(=O)O)cc3)cc2)cc1. The van der Waals surface area contributed by atoms with Crippen molar-refractivity contribution in [2.75, 3.05) is 6.61 Å². The fourth-order valence-electron chi connectivity index (χ4n) is 3.55. The molecule has 0 saturated heterocycles. The predicted molar refractivity (Wildman–Crippen MR) is 129 cm³/mol. The van der Waals surface area contributed by atoms with Crippen LogP contribution in [0.15, 0.2) is 72.8 Å². The Labute approximate surface area is 199 Å². The molecule has 0 aliphatic carbocycles. The average molecular weight is 469 g/mol. The lowest BCUT2D eigenvalue weighted by atomic mass is 10.0. The Morgan fingerprint density at radius 3 is 1.88 bits per heavy atom. The Hall–Kier alpha value is -3.41. The molecule has 0 heterocycles. The van der Waals surface area contributed by atoms with E-state index in [0.29, 0.717) is 6.61 Å². The van der Waals surface area contributed by atoms with E-state index in [-0.39, 0.29) is 16.9 Å². The van der Waals surface area contributed by atoms with Gasteiger partial charge in [-0.05, 0) is 66.1 Å². The average Bonchev–Trinajstić information content (AvgIpc) is 2.84. The molecule has 0 amide bonds. The number of hydrogen-bond acceptors (Lipinski definition) is 3. The van der Waals surface area contributed by atoms with Crippen LogP contribution in [0, 0.1) is 0 Å². The van der Waals surface area contributed by atoms with Crippen LogP contribution >= 0.6 is 0 Å². The van der Waals surface area contributed by atoms with Crippen LogP contribution in [-0.2, 0) is 6.11 Å². The van der Waals surface area contributed by atoms with Gasteiger partial charge >= 0.3 is 12.1 Å². The number of halogens is 2. The number of benzene rings is 3. The maximum Gasteiger partial charge on any atom is 0.426 e. The van der Waals surface area contributed by atoms with Gasteiger partial charge in [0, 0.05) is 0 Å². The smallest absolute Gasteiger partial charge is 0.426 e. The molecule has 0 radical (unpaired) electrons. The summed E-state index contributed by atoms with van der Waals surface area (Å²) in [6.45, 7) is 2.89. The first kappa shape index (κ1) is 25.2. The number of carboxylic acids is 1. The topological polar surface area (TPSA) is 55.8 Å². The lowest BCUT2D eigenvalue weighted by molar-refractivity contribution is -0.185. The fraction of sp³-hybridized carbons (Fsp3) is 0.321. The van der Waals surface area contributed by atoms with E-state index >= 15 is 0 Å². The number of aromatic carboxylic acids is 1. The number of hydrogen-bond donors (Lipinski definition) is 1. The van der Waals surface area contributed by atoms with E-state index in [1.807, 2.05) is 24.3 Å². The second-order valence-electron chi connectivity index (χ2n) is 8.17. The van der Waals surface area contributed by atoms with Gasteiger partial charge in [0.2, 0.25) is 0 Å². The van der Waals surface area contributed by atoms with E-state index in [0.717, 1.165) is 23.3 Å². The van der Waals surface area contributed by atoms with Crippen molar-refractivity contribution in [3.8, 4) is 22.6 Å². The second kappa shape index (κ2) is 12.2. The van der Waals surface area contributed by atoms with Crippen LogP contribution in [0.1, 0.15) is 61.4 Å². The zero-order chi connectivity index (χ0) is 24.4. The van der Waals surface area contributed by atoms with Crippen LogP contribution in [0.4, 0.5) is 8.78 Å². The van der Waals surface area contributed by atoms with Crippen molar-refractivity contribution in [3.63, 3.8) is 0 Å². The maximum absolute atomic E-state index is 14.6. The normalized spacial score (nSPS) is 11.3. The van der Waals surface area contributed by atoms with E-state index < -0.39 is 12.1 Å². The molecule has 180 valence electrons. The third-order valence-corrected chi connectivity index (χ3v) is 5.52. The fourth-order valence-corrected chi connectivity index (χ4v) is 3.55. The van der Waals surface area contributed by atoms with Crippen molar-refractivity contribution in [2.24, 2.45) is 0 Å². The van der Waals surface area contributed by atoms with Gasteiger partial charge in [0.25, 0.3) is 0 Å². The molecule has 0 aromatic heterocycles. The summed E-state index contributed by atoms with van der Waals surface area (Å²) in [6.07, 6.45) is 3.70. The maximum atomic E-state index is 14.6. The van der Waals surface area contributed by atoms with Gasteiger partial charge in [-0.25, -0.2) is 4.79 Å². The number of rotatable bonds is 13. The summed E-state index contributed by atoms with van der Waals surface area (Å²) >= 11 is 0. The molecule has 0 saturated carbocycles. The third-order valence-electron chi connectivity index (χ3n) is 5.52. The molecule has 3 aromatic carbocycles. The third kappa shape index (κ3) is 7.30. The summed E-state index contributed by atoms with van der Waals surface area (Å²) in [5.41, 5.74) is 1.40. The molecule has 0 fully saturated rings. The summed E-state index contributed by atoms with van der Waals surface area (Å²) in [7, 11) is 0. The van der Waals surface area contributed by atoms with Crippen molar-refractivity contribution >= 4 is 5.97 Å². The van der Waals surface area contributed by atoms with Gasteiger partial charge < -0.3 is 14.6 Å². The van der Waals surface area contributed by atoms with Gasteiger partial charge in [-0.3, -0.25) is 0 Å². The standard InChI is InChI=1S/C28H30F2O4/c1-2-3-4-5-6-7-20-33-25-16-10-22(11-17-25)21-8-14-24(15-9-21)28(29,30)34-26-18-12-23(13-19-26)27(31)32/h8-19H,2-7,20H2,1H3,(H,31,32). The minimum Gasteiger partial charge on any atom is -0.494 e. The molecule has 0 aliphatic heterocycles. The van der Waals surface area contributed by atoms with Crippen LogP contribution in [0.25, 0.3) is 11.1 Å². The Kier molecular flexibility index (Phi) is 9.02. The molecule has 3 rings (SSSR count). The van der Waals surface area contributed by atoms with E-state index in [1.165, 1.54) is 68.5 Å².